The molecule has 0 aliphatic heterocycles. The second-order valence-corrected chi connectivity index (χ2v) is 4.83. The van der Waals surface area contributed by atoms with E-state index in [9.17, 15) is 9.59 Å². The van der Waals surface area contributed by atoms with Crippen molar-refractivity contribution < 1.29 is 19.4 Å². The molecule has 1 rings (SSSR count). The Labute approximate surface area is 106 Å². The Morgan fingerprint density at radius 2 is 1.78 bits per heavy atom. The highest BCUT2D eigenvalue weighted by Crippen LogP contribution is 2.18. The van der Waals surface area contributed by atoms with Crippen molar-refractivity contribution in [2.24, 2.45) is 0 Å². The van der Waals surface area contributed by atoms with Crippen LogP contribution in [0.3, 0.4) is 0 Å². The fourth-order valence-corrected chi connectivity index (χ4v) is 1.41. The van der Waals surface area contributed by atoms with Gasteiger partial charge in [0.15, 0.2) is 6.04 Å². The highest BCUT2D eigenvalue weighted by molar-refractivity contribution is 5.82. The van der Waals surface area contributed by atoms with Gasteiger partial charge in [0.2, 0.25) is 0 Å². The average molecular weight is 251 g/mol. The van der Waals surface area contributed by atoms with E-state index in [4.69, 9.17) is 9.84 Å². The Hall–Kier alpha value is -2.04. The molecule has 0 heterocycles. The van der Waals surface area contributed by atoms with E-state index in [2.05, 4.69) is 5.32 Å². The molecule has 0 aliphatic carbocycles. The van der Waals surface area contributed by atoms with Gasteiger partial charge in [0, 0.05) is 0 Å². The second-order valence-electron chi connectivity index (χ2n) is 4.83. The molecule has 0 aliphatic rings. The third-order valence-electron chi connectivity index (χ3n) is 2.04. The summed E-state index contributed by atoms with van der Waals surface area (Å²) < 4.78 is 5.19. The summed E-state index contributed by atoms with van der Waals surface area (Å²) in [6.07, 6.45) is -1.27. The molecular weight excluding hydrogens is 234 g/mol. The quantitative estimate of drug-likeness (QED) is 0.808. The fraction of sp³-hybridized carbons (Fsp3) is 0.385. The number of esters is 1. The molecule has 1 aromatic carbocycles. The zero-order valence-electron chi connectivity index (χ0n) is 10.6. The first-order valence-electron chi connectivity index (χ1n) is 5.57. The molecule has 2 N–H and O–H groups in total. The Balaban J connectivity index is 2.92. The van der Waals surface area contributed by atoms with Gasteiger partial charge < -0.3 is 15.2 Å². The van der Waals surface area contributed by atoms with Gasteiger partial charge in [-0.15, -0.1) is 0 Å². The van der Waals surface area contributed by atoms with Crippen LogP contribution in [0, 0.1) is 0 Å². The molecule has 0 unspecified atom stereocenters. The molecule has 5 heteroatoms. The third kappa shape index (κ3) is 4.45. The fourth-order valence-electron chi connectivity index (χ4n) is 1.41. The highest BCUT2D eigenvalue weighted by Gasteiger charge is 2.27. The van der Waals surface area contributed by atoms with Crippen molar-refractivity contribution >= 4 is 12.1 Å². The van der Waals surface area contributed by atoms with Crippen LogP contribution < -0.4 is 5.32 Å². The highest BCUT2D eigenvalue weighted by atomic mass is 16.6. The molecule has 0 fully saturated rings. The van der Waals surface area contributed by atoms with Gasteiger partial charge in [-0.1, -0.05) is 30.3 Å². The summed E-state index contributed by atoms with van der Waals surface area (Å²) in [5.74, 6) is -0.615. The number of carbonyl (C=O) groups excluding carboxylic acids is 1. The predicted octanol–water partition coefficient (Wildman–Crippen LogP) is 2.34. The van der Waals surface area contributed by atoms with Crippen molar-refractivity contribution in [3.63, 3.8) is 0 Å². The SMILES string of the molecule is CC(C)(C)OC(=O)[C@@H](NC(=O)O)c1ccccc1. The van der Waals surface area contributed by atoms with Crippen LogP contribution in [0.1, 0.15) is 32.4 Å². The van der Waals surface area contributed by atoms with E-state index >= 15 is 0 Å². The smallest absolute Gasteiger partial charge is 0.405 e. The van der Waals surface area contributed by atoms with E-state index in [-0.39, 0.29) is 0 Å². The number of rotatable bonds is 3. The lowest BCUT2D eigenvalue weighted by Gasteiger charge is -2.24. The van der Waals surface area contributed by atoms with Gasteiger partial charge in [0.1, 0.15) is 5.60 Å². The summed E-state index contributed by atoms with van der Waals surface area (Å²) in [5, 5.41) is 10.9. The van der Waals surface area contributed by atoms with Crippen molar-refractivity contribution in [3.05, 3.63) is 35.9 Å². The lowest BCUT2D eigenvalue weighted by molar-refractivity contribution is -0.157. The van der Waals surface area contributed by atoms with E-state index in [1.807, 2.05) is 0 Å². The van der Waals surface area contributed by atoms with Crippen molar-refractivity contribution in [3.8, 4) is 0 Å². The van der Waals surface area contributed by atoms with Crippen LogP contribution in [0.15, 0.2) is 30.3 Å². The zero-order valence-corrected chi connectivity index (χ0v) is 10.6. The van der Waals surface area contributed by atoms with Gasteiger partial charge >= 0.3 is 12.1 Å². The van der Waals surface area contributed by atoms with Crippen LogP contribution in [0.5, 0.6) is 0 Å². The Bertz CT molecular complexity index is 422. The molecule has 18 heavy (non-hydrogen) atoms. The molecule has 0 radical (unpaired) electrons. The van der Waals surface area contributed by atoms with E-state index in [1.54, 1.807) is 51.1 Å². The maximum Gasteiger partial charge on any atom is 0.405 e. The summed E-state index contributed by atoms with van der Waals surface area (Å²) in [6, 6.07) is 7.58. The van der Waals surface area contributed by atoms with Crippen LogP contribution in [0.2, 0.25) is 0 Å². The summed E-state index contributed by atoms with van der Waals surface area (Å²) in [6.45, 7) is 5.19. The Kier molecular flexibility index (Phi) is 4.31. The third-order valence-corrected chi connectivity index (χ3v) is 2.04. The van der Waals surface area contributed by atoms with Crippen LogP contribution in [-0.2, 0) is 9.53 Å². The number of hydrogen-bond acceptors (Lipinski definition) is 3. The van der Waals surface area contributed by atoms with Crippen LogP contribution in [0.25, 0.3) is 0 Å². The molecule has 0 saturated carbocycles. The van der Waals surface area contributed by atoms with Gasteiger partial charge in [-0.05, 0) is 26.3 Å². The van der Waals surface area contributed by atoms with Crippen LogP contribution in [0.4, 0.5) is 4.79 Å². The molecule has 1 aromatic rings. The maximum atomic E-state index is 11.9. The van der Waals surface area contributed by atoms with Crippen LogP contribution in [-0.4, -0.2) is 22.8 Å². The molecule has 98 valence electrons. The number of benzene rings is 1. The van der Waals surface area contributed by atoms with Crippen molar-refractivity contribution in [2.75, 3.05) is 0 Å². The predicted molar refractivity (Wildman–Crippen MR) is 66.2 cm³/mol. The minimum absolute atomic E-state index is 0.550. The van der Waals surface area contributed by atoms with E-state index < -0.39 is 23.7 Å². The topological polar surface area (TPSA) is 75.6 Å². The van der Waals surface area contributed by atoms with Crippen LogP contribution >= 0.6 is 0 Å². The van der Waals surface area contributed by atoms with E-state index in [0.29, 0.717) is 5.56 Å². The minimum Gasteiger partial charge on any atom is -0.465 e. The molecule has 5 nitrogen and oxygen atoms in total. The Morgan fingerprint density at radius 3 is 2.22 bits per heavy atom. The number of nitrogens with one attached hydrogen (secondary N) is 1. The summed E-state index contributed by atoms with van der Waals surface area (Å²) >= 11 is 0. The minimum atomic E-state index is -1.27. The summed E-state index contributed by atoms with van der Waals surface area (Å²) in [5.41, 5.74) is -0.112. The normalized spacial score (nSPS) is 12.6. The molecule has 0 saturated heterocycles. The number of hydrogen-bond donors (Lipinski definition) is 2. The number of ether oxygens (including phenoxy) is 1. The first-order valence-corrected chi connectivity index (χ1v) is 5.57. The molecular formula is C13H17NO4. The number of carbonyl (C=O) groups is 2. The van der Waals surface area contributed by atoms with Crippen molar-refractivity contribution in [1.82, 2.24) is 5.32 Å². The standard InChI is InChI=1S/C13H17NO4/c1-13(2,3)18-11(15)10(14-12(16)17)9-7-5-4-6-8-9/h4-8,10,14H,1-3H3,(H,16,17)/t10-/m0/s1. The van der Waals surface area contributed by atoms with E-state index in [1.165, 1.54) is 0 Å². The van der Waals surface area contributed by atoms with E-state index in [0.717, 1.165) is 0 Å². The second kappa shape index (κ2) is 5.53. The molecule has 1 amide bonds. The largest absolute Gasteiger partial charge is 0.465 e. The molecule has 0 bridgehead atoms. The van der Waals surface area contributed by atoms with Crippen molar-refractivity contribution in [1.29, 1.82) is 0 Å². The maximum absolute atomic E-state index is 11.9. The van der Waals surface area contributed by atoms with Crippen molar-refractivity contribution in [2.45, 2.75) is 32.4 Å². The van der Waals surface area contributed by atoms with Gasteiger partial charge in [0.05, 0.1) is 0 Å². The first-order chi connectivity index (χ1) is 8.29. The van der Waals surface area contributed by atoms with Gasteiger partial charge in [-0.3, -0.25) is 0 Å². The summed E-state index contributed by atoms with van der Waals surface area (Å²) in [7, 11) is 0. The lowest BCUT2D eigenvalue weighted by atomic mass is 10.1. The van der Waals surface area contributed by atoms with Gasteiger partial charge in [0.25, 0.3) is 0 Å². The molecule has 0 spiro atoms. The Morgan fingerprint density at radius 1 is 1.22 bits per heavy atom. The number of carboxylic acid groups (broad SMARTS) is 1. The van der Waals surface area contributed by atoms with Gasteiger partial charge in [-0.2, -0.15) is 0 Å². The first kappa shape index (κ1) is 14.0. The summed E-state index contributed by atoms with van der Waals surface area (Å²) in [4.78, 5) is 22.7. The average Bonchev–Trinajstić information content (AvgIpc) is 2.24. The molecule has 1 atom stereocenters. The molecule has 0 aromatic heterocycles. The lowest BCUT2D eigenvalue weighted by Crippen LogP contribution is -2.37. The van der Waals surface area contributed by atoms with Gasteiger partial charge in [-0.25, -0.2) is 9.59 Å². The zero-order chi connectivity index (χ0) is 13.8. The number of amides is 1. The monoisotopic (exact) mass is 251 g/mol.